The maximum Gasteiger partial charge on any atom is 0.317 e. The molecule has 1 rings (SSSR count). The molecule has 1 unspecified atom stereocenters. The van der Waals surface area contributed by atoms with Crippen LogP contribution < -0.4 is 0 Å². The van der Waals surface area contributed by atoms with Crippen molar-refractivity contribution in [1.82, 2.24) is 4.90 Å². The first-order chi connectivity index (χ1) is 5.74. The quantitative estimate of drug-likeness (QED) is 0.716. The van der Waals surface area contributed by atoms with Crippen molar-refractivity contribution in [3.05, 3.63) is 0 Å². The summed E-state index contributed by atoms with van der Waals surface area (Å²) >= 11 is 1.56. The zero-order valence-electron chi connectivity index (χ0n) is 7.32. The molecule has 0 saturated carbocycles. The zero-order chi connectivity index (χ0) is 8.97. The molecule has 4 heteroatoms. The molecule has 0 aromatic heterocycles. The molecule has 0 aliphatic carbocycles. The van der Waals surface area contributed by atoms with Gasteiger partial charge in [0.15, 0.2) is 0 Å². The number of rotatable bonds is 3. The smallest absolute Gasteiger partial charge is 0.317 e. The highest BCUT2D eigenvalue weighted by Crippen LogP contribution is 2.18. The van der Waals surface area contributed by atoms with E-state index in [1.54, 1.807) is 11.8 Å². The standard InChI is InChI=1S/C8H15NO2S/c1-2-3-9-4-5-12-7(6-9)8(10)11/h7H,2-6H2,1H3,(H,10,11). The van der Waals surface area contributed by atoms with Crippen molar-refractivity contribution >= 4 is 17.7 Å². The van der Waals surface area contributed by atoms with E-state index in [0.29, 0.717) is 6.54 Å². The third-order valence-electron chi connectivity index (χ3n) is 1.97. The molecule has 0 radical (unpaired) electrons. The Morgan fingerprint density at radius 1 is 1.75 bits per heavy atom. The lowest BCUT2D eigenvalue weighted by molar-refractivity contribution is -0.136. The second-order valence-electron chi connectivity index (χ2n) is 3.00. The van der Waals surface area contributed by atoms with Gasteiger partial charge in [-0.2, -0.15) is 0 Å². The minimum atomic E-state index is -0.666. The molecule has 70 valence electrons. The number of carboxylic acids is 1. The van der Waals surface area contributed by atoms with Gasteiger partial charge in [0.25, 0.3) is 0 Å². The van der Waals surface area contributed by atoms with Crippen molar-refractivity contribution in [1.29, 1.82) is 0 Å². The zero-order valence-corrected chi connectivity index (χ0v) is 8.14. The topological polar surface area (TPSA) is 40.5 Å². The van der Waals surface area contributed by atoms with Crippen LogP contribution in [0.15, 0.2) is 0 Å². The largest absolute Gasteiger partial charge is 0.480 e. The fraction of sp³-hybridized carbons (Fsp3) is 0.875. The fourth-order valence-electron chi connectivity index (χ4n) is 1.37. The van der Waals surface area contributed by atoms with E-state index in [4.69, 9.17) is 5.11 Å². The molecule has 12 heavy (non-hydrogen) atoms. The Morgan fingerprint density at radius 3 is 3.08 bits per heavy atom. The summed E-state index contributed by atoms with van der Waals surface area (Å²) in [4.78, 5) is 12.9. The van der Waals surface area contributed by atoms with E-state index in [0.717, 1.165) is 25.3 Å². The van der Waals surface area contributed by atoms with Gasteiger partial charge in [0.2, 0.25) is 0 Å². The summed E-state index contributed by atoms with van der Waals surface area (Å²) in [5, 5.41) is 8.57. The lowest BCUT2D eigenvalue weighted by Gasteiger charge is -2.29. The second-order valence-corrected chi connectivity index (χ2v) is 4.31. The molecule has 0 spiro atoms. The van der Waals surface area contributed by atoms with E-state index in [1.165, 1.54) is 0 Å². The Balaban J connectivity index is 2.35. The van der Waals surface area contributed by atoms with Crippen molar-refractivity contribution in [3.63, 3.8) is 0 Å². The number of carboxylic acid groups (broad SMARTS) is 1. The van der Waals surface area contributed by atoms with E-state index < -0.39 is 5.97 Å². The van der Waals surface area contributed by atoms with Crippen molar-refractivity contribution in [2.75, 3.05) is 25.4 Å². The molecular weight excluding hydrogens is 174 g/mol. The van der Waals surface area contributed by atoms with Crippen LogP contribution in [0.3, 0.4) is 0 Å². The van der Waals surface area contributed by atoms with E-state index in [2.05, 4.69) is 11.8 Å². The first-order valence-electron chi connectivity index (χ1n) is 4.30. The highest BCUT2D eigenvalue weighted by atomic mass is 32.2. The van der Waals surface area contributed by atoms with Gasteiger partial charge in [-0.15, -0.1) is 11.8 Å². The van der Waals surface area contributed by atoms with Crippen molar-refractivity contribution in [3.8, 4) is 0 Å². The molecule has 0 aromatic rings. The van der Waals surface area contributed by atoms with Gasteiger partial charge in [0.05, 0.1) is 0 Å². The van der Waals surface area contributed by atoms with Crippen molar-refractivity contribution in [2.24, 2.45) is 0 Å². The van der Waals surface area contributed by atoms with Crippen LogP contribution in [0, 0.1) is 0 Å². The van der Waals surface area contributed by atoms with Crippen molar-refractivity contribution in [2.45, 2.75) is 18.6 Å². The van der Waals surface area contributed by atoms with Crippen LogP contribution in [0.1, 0.15) is 13.3 Å². The van der Waals surface area contributed by atoms with Crippen LogP contribution >= 0.6 is 11.8 Å². The average molecular weight is 189 g/mol. The summed E-state index contributed by atoms with van der Waals surface area (Å²) in [5.41, 5.74) is 0. The van der Waals surface area contributed by atoms with Gasteiger partial charge < -0.3 is 10.0 Å². The van der Waals surface area contributed by atoms with Crippen molar-refractivity contribution < 1.29 is 9.90 Å². The van der Waals surface area contributed by atoms with Crippen LogP contribution in [-0.4, -0.2) is 46.6 Å². The van der Waals surface area contributed by atoms with E-state index in [1.807, 2.05) is 0 Å². The molecule has 1 aliphatic rings. The number of hydrogen-bond acceptors (Lipinski definition) is 3. The first-order valence-corrected chi connectivity index (χ1v) is 5.35. The molecule has 1 heterocycles. The van der Waals surface area contributed by atoms with Gasteiger partial charge in [0.1, 0.15) is 5.25 Å². The molecule has 0 amide bonds. The maximum atomic E-state index is 10.7. The van der Waals surface area contributed by atoms with Gasteiger partial charge in [-0.05, 0) is 13.0 Å². The highest BCUT2D eigenvalue weighted by Gasteiger charge is 2.24. The molecule has 0 aromatic carbocycles. The number of carbonyl (C=O) groups is 1. The lowest BCUT2D eigenvalue weighted by Crippen LogP contribution is -2.41. The molecule has 1 N–H and O–H groups in total. The Hall–Kier alpha value is -0.220. The van der Waals surface area contributed by atoms with Gasteiger partial charge >= 0.3 is 5.97 Å². The number of aliphatic carboxylic acids is 1. The number of thioether (sulfide) groups is 1. The van der Waals surface area contributed by atoms with Crippen LogP contribution in [0.4, 0.5) is 0 Å². The molecular formula is C8H15NO2S. The second kappa shape index (κ2) is 4.72. The third-order valence-corrected chi connectivity index (χ3v) is 3.14. The Kier molecular flexibility index (Phi) is 3.88. The minimum absolute atomic E-state index is 0.203. The molecule has 1 fully saturated rings. The fourth-order valence-corrected chi connectivity index (χ4v) is 2.48. The maximum absolute atomic E-state index is 10.7. The minimum Gasteiger partial charge on any atom is -0.480 e. The average Bonchev–Trinajstić information content (AvgIpc) is 2.05. The van der Waals surface area contributed by atoms with E-state index >= 15 is 0 Å². The molecule has 3 nitrogen and oxygen atoms in total. The molecule has 1 atom stereocenters. The SMILES string of the molecule is CCCN1CCSC(C(=O)O)C1. The van der Waals surface area contributed by atoms with Crippen LogP contribution in [-0.2, 0) is 4.79 Å². The Morgan fingerprint density at radius 2 is 2.50 bits per heavy atom. The van der Waals surface area contributed by atoms with E-state index in [9.17, 15) is 4.79 Å². The molecule has 1 saturated heterocycles. The summed E-state index contributed by atoms with van der Waals surface area (Å²) in [6, 6.07) is 0. The van der Waals surface area contributed by atoms with Crippen LogP contribution in [0.25, 0.3) is 0 Å². The van der Waals surface area contributed by atoms with Gasteiger partial charge in [-0.3, -0.25) is 4.79 Å². The number of hydrogen-bond donors (Lipinski definition) is 1. The summed E-state index contributed by atoms with van der Waals surface area (Å²) in [6.07, 6.45) is 1.11. The van der Waals surface area contributed by atoms with Gasteiger partial charge in [0, 0.05) is 18.8 Å². The van der Waals surface area contributed by atoms with Gasteiger partial charge in [-0.25, -0.2) is 0 Å². The molecule has 0 bridgehead atoms. The monoisotopic (exact) mass is 189 g/mol. The molecule has 1 aliphatic heterocycles. The normalized spacial score (nSPS) is 25.6. The summed E-state index contributed by atoms with van der Waals surface area (Å²) in [7, 11) is 0. The van der Waals surface area contributed by atoms with E-state index in [-0.39, 0.29) is 5.25 Å². The summed E-state index contributed by atoms with van der Waals surface area (Å²) in [5.74, 6) is 0.289. The Labute approximate surface area is 77.1 Å². The summed E-state index contributed by atoms with van der Waals surface area (Å²) in [6.45, 7) is 4.91. The predicted molar refractivity (Wildman–Crippen MR) is 50.6 cm³/mol. The number of nitrogens with zero attached hydrogens (tertiary/aromatic N) is 1. The third kappa shape index (κ3) is 2.68. The van der Waals surface area contributed by atoms with Crippen LogP contribution in [0.5, 0.6) is 0 Å². The van der Waals surface area contributed by atoms with Gasteiger partial charge in [-0.1, -0.05) is 6.92 Å². The lowest BCUT2D eigenvalue weighted by atomic mass is 10.3. The first kappa shape index (κ1) is 9.86. The highest BCUT2D eigenvalue weighted by molar-refractivity contribution is 8.00. The predicted octanol–water partition coefficient (Wildman–Crippen LogP) is 0.898. The Bertz CT molecular complexity index is 161. The van der Waals surface area contributed by atoms with Crippen LogP contribution in [0.2, 0.25) is 0 Å². The summed E-state index contributed by atoms with van der Waals surface area (Å²) < 4.78 is 0.